The van der Waals surface area contributed by atoms with Crippen molar-refractivity contribution in [3.05, 3.63) is 12.2 Å². The van der Waals surface area contributed by atoms with Gasteiger partial charge in [0, 0.05) is 12.8 Å². The summed E-state index contributed by atoms with van der Waals surface area (Å²) in [5.41, 5.74) is 0. The molecule has 0 aromatic rings. The minimum Gasteiger partial charge on any atom is -0.590 e. The highest BCUT2D eigenvalue weighted by Crippen LogP contribution is 2.44. The number of rotatable bonds is 21. The summed E-state index contributed by atoms with van der Waals surface area (Å²) in [6, 6.07) is 0. The fraction of sp³-hybridized carbons (Fsp3) is 0.923. The lowest BCUT2D eigenvalue weighted by molar-refractivity contribution is -0.910. The van der Waals surface area contributed by atoms with Crippen LogP contribution in [0.15, 0.2) is 12.2 Å². The Morgan fingerprint density at radius 1 is 0.700 bits per heavy atom. The molecule has 0 radical (unpaired) electrons. The van der Waals surface area contributed by atoms with E-state index in [-0.39, 0.29) is 0 Å². The Morgan fingerprint density at radius 3 is 1.47 bits per heavy atom. The molecule has 0 saturated heterocycles. The predicted octanol–water partition coefficient (Wildman–Crippen LogP) is 8.11. The lowest BCUT2D eigenvalue weighted by Crippen LogP contribution is -2.55. The van der Waals surface area contributed by atoms with Crippen LogP contribution in [0.2, 0.25) is 0 Å². The van der Waals surface area contributed by atoms with Gasteiger partial charge in [-0.25, -0.2) is 0 Å². The van der Waals surface area contributed by atoms with E-state index in [0.717, 1.165) is 19.3 Å². The van der Waals surface area contributed by atoms with Gasteiger partial charge in [0.2, 0.25) is 0 Å². The van der Waals surface area contributed by atoms with Crippen LogP contribution in [-0.4, -0.2) is 30.9 Å². The van der Waals surface area contributed by atoms with Gasteiger partial charge >= 0.3 is 8.03 Å². The molecule has 0 heterocycles. The van der Waals surface area contributed by atoms with E-state index in [4.69, 9.17) is 0 Å². The van der Waals surface area contributed by atoms with Crippen molar-refractivity contribution < 1.29 is 13.9 Å². The fourth-order valence-electron chi connectivity index (χ4n) is 4.45. The van der Waals surface area contributed by atoms with Gasteiger partial charge in [-0.15, -0.1) is 0 Å². The first-order valence-electron chi connectivity index (χ1n) is 12.9. The summed E-state index contributed by atoms with van der Waals surface area (Å²) in [6.45, 7) is 4.27. The molecule has 0 amide bonds. The third-order valence-corrected chi connectivity index (χ3v) is 8.56. The number of hydrogen-bond donors (Lipinski definition) is 0. The van der Waals surface area contributed by atoms with Gasteiger partial charge in [0.1, 0.15) is 0 Å². The molecule has 3 nitrogen and oxygen atoms in total. The lowest BCUT2D eigenvalue weighted by Gasteiger charge is -2.39. The topological polar surface area (TPSA) is 40.1 Å². The highest BCUT2D eigenvalue weighted by Gasteiger charge is 2.52. The summed E-state index contributed by atoms with van der Waals surface area (Å²) in [5.74, 6) is 0. The van der Waals surface area contributed by atoms with E-state index in [1.807, 2.05) is 28.1 Å². The third-order valence-electron chi connectivity index (χ3n) is 6.74. The molecule has 0 spiro atoms. The third kappa shape index (κ3) is 13.2. The molecule has 0 saturated carbocycles. The number of nitrogens with zero attached hydrogens (tertiary/aromatic N) is 1. The highest BCUT2D eigenvalue weighted by atomic mass is 31.1. The Kier molecular flexibility index (Phi) is 18.2. The number of allylic oxidation sites excluding steroid dienone is 2. The molecule has 0 bridgehead atoms. The molecule has 0 aromatic carbocycles. The molecule has 0 N–H and O–H groups in total. The first-order valence-corrected chi connectivity index (χ1v) is 14.1. The van der Waals surface area contributed by atoms with Crippen molar-refractivity contribution in [1.29, 1.82) is 0 Å². The Morgan fingerprint density at radius 2 is 1.10 bits per heavy atom. The maximum atomic E-state index is 11.9. The minimum absolute atomic E-state index is 0.512. The Bertz CT molecular complexity index is 445. The van der Waals surface area contributed by atoms with Gasteiger partial charge in [0.05, 0.1) is 21.1 Å². The Labute approximate surface area is 190 Å². The lowest BCUT2D eigenvalue weighted by atomic mass is 10.0. The second-order valence-corrected chi connectivity index (χ2v) is 11.3. The quantitative estimate of drug-likeness (QED) is 0.0779. The SMILES string of the molecule is CCCC/C=C\CCCCCCCCCCCCCCC(CC)([P+](=O)[O-])[N+](C)(C)C. The van der Waals surface area contributed by atoms with Gasteiger partial charge < -0.3 is 4.89 Å². The molecule has 0 aliphatic carbocycles. The number of hydrogen-bond acceptors (Lipinski definition) is 2. The van der Waals surface area contributed by atoms with Crippen LogP contribution >= 0.6 is 8.03 Å². The molecule has 30 heavy (non-hydrogen) atoms. The van der Waals surface area contributed by atoms with Gasteiger partial charge in [0.25, 0.3) is 5.28 Å². The van der Waals surface area contributed by atoms with E-state index in [1.165, 1.54) is 89.9 Å². The van der Waals surface area contributed by atoms with E-state index in [1.54, 1.807) is 0 Å². The normalized spacial score (nSPS) is 14.9. The van der Waals surface area contributed by atoms with Crippen LogP contribution in [0.25, 0.3) is 0 Å². The monoisotopic (exact) mass is 442 g/mol. The van der Waals surface area contributed by atoms with Gasteiger partial charge in [-0.05, 0) is 25.7 Å². The van der Waals surface area contributed by atoms with Crippen molar-refractivity contribution in [2.75, 3.05) is 21.1 Å². The first-order chi connectivity index (χ1) is 14.3. The summed E-state index contributed by atoms with van der Waals surface area (Å²) in [5, 5.41) is -0.597. The van der Waals surface area contributed by atoms with Gasteiger partial charge in [0.15, 0.2) is 0 Å². The van der Waals surface area contributed by atoms with Crippen LogP contribution in [0.4, 0.5) is 0 Å². The zero-order chi connectivity index (χ0) is 22.7. The van der Waals surface area contributed by atoms with Crippen molar-refractivity contribution in [3.8, 4) is 0 Å². The highest BCUT2D eigenvalue weighted by molar-refractivity contribution is 7.38. The number of quaternary nitrogens is 1. The van der Waals surface area contributed by atoms with E-state index in [9.17, 15) is 9.46 Å². The molecule has 0 aliphatic heterocycles. The smallest absolute Gasteiger partial charge is 0.376 e. The molecule has 178 valence electrons. The van der Waals surface area contributed by atoms with Gasteiger partial charge in [-0.1, -0.05) is 108 Å². The van der Waals surface area contributed by atoms with Crippen LogP contribution in [0.1, 0.15) is 129 Å². The van der Waals surface area contributed by atoms with Crippen molar-refractivity contribution in [3.63, 3.8) is 0 Å². The molecule has 0 aliphatic rings. The molecular formula is C26H53NO2P+. The summed E-state index contributed by atoms with van der Waals surface area (Å²) >= 11 is 0. The largest absolute Gasteiger partial charge is 0.590 e. The molecule has 2 atom stereocenters. The molecular weight excluding hydrogens is 389 g/mol. The summed E-state index contributed by atoms with van der Waals surface area (Å²) < 4.78 is 12.4. The summed E-state index contributed by atoms with van der Waals surface area (Å²) in [6.07, 6.45) is 27.2. The van der Waals surface area contributed by atoms with Crippen LogP contribution < -0.4 is 4.89 Å². The van der Waals surface area contributed by atoms with E-state index < -0.39 is 13.3 Å². The minimum atomic E-state index is -2.41. The van der Waals surface area contributed by atoms with Crippen molar-refractivity contribution in [2.24, 2.45) is 0 Å². The van der Waals surface area contributed by atoms with Crippen LogP contribution in [0, 0.1) is 0 Å². The van der Waals surface area contributed by atoms with E-state index >= 15 is 0 Å². The Balaban J connectivity index is 3.54. The number of unbranched alkanes of at least 4 members (excludes halogenated alkanes) is 14. The predicted molar refractivity (Wildman–Crippen MR) is 132 cm³/mol. The van der Waals surface area contributed by atoms with Gasteiger partial charge in [-0.2, -0.15) is 0 Å². The van der Waals surface area contributed by atoms with Crippen molar-refractivity contribution >= 4 is 8.03 Å². The average Bonchev–Trinajstić information content (AvgIpc) is 2.68. The second-order valence-electron chi connectivity index (χ2n) is 10.0. The van der Waals surface area contributed by atoms with Crippen molar-refractivity contribution in [1.82, 2.24) is 0 Å². The maximum absolute atomic E-state index is 11.9. The molecule has 0 fully saturated rings. The van der Waals surface area contributed by atoms with Gasteiger partial charge in [-0.3, -0.25) is 4.48 Å². The molecule has 4 heteroatoms. The summed E-state index contributed by atoms with van der Waals surface area (Å²) in [7, 11) is 3.63. The maximum Gasteiger partial charge on any atom is 0.376 e. The van der Waals surface area contributed by atoms with Crippen LogP contribution in [0.5, 0.6) is 0 Å². The van der Waals surface area contributed by atoms with Crippen molar-refractivity contribution in [2.45, 2.75) is 135 Å². The molecule has 2 unspecified atom stereocenters. The molecule has 0 rings (SSSR count). The standard InChI is InChI=1S/C26H53NO2P/c1-6-8-9-10-11-12-13-14-15-16-17-18-19-20-21-22-23-24-25-26(7-2,30(28)29)27(3,4)5/h10-11H,6-9,12-25H2,1-5H3/q+1/b11-10-. The van der Waals surface area contributed by atoms with Crippen LogP contribution in [-0.2, 0) is 4.57 Å². The average molecular weight is 443 g/mol. The first kappa shape index (κ1) is 29.8. The summed E-state index contributed by atoms with van der Waals surface area (Å²) in [4.78, 5) is 11.9. The van der Waals surface area contributed by atoms with E-state index in [0.29, 0.717) is 10.9 Å². The van der Waals surface area contributed by atoms with E-state index in [2.05, 4.69) is 19.1 Å². The second kappa shape index (κ2) is 18.3. The fourth-order valence-corrected chi connectivity index (χ4v) is 5.54. The molecule has 0 aromatic heterocycles. The zero-order valence-corrected chi connectivity index (χ0v) is 22.0. The zero-order valence-electron chi connectivity index (χ0n) is 21.1. The Hall–Kier alpha value is -0.240. The van der Waals surface area contributed by atoms with Crippen LogP contribution in [0.3, 0.4) is 0 Å².